The first-order chi connectivity index (χ1) is 17.0. The molecule has 4 bridgehead atoms. The number of hydrogen-bond acceptors (Lipinski definition) is 8. The molecule has 1 saturated heterocycles. The van der Waals surface area contributed by atoms with Crippen LogP contribution in [0.3, 0.4) is 0 Å². The minimum absolute atomic E-state index is 0.146. The monoisotopic (exact) mass is 493 g/mol. The van der Waals surface area contributed by atoms with E-state index < -0.39 is 5.60 Å². The van der Waals surface area contributed by atoms with Gasteiger partial charge in [-0.1, -0.05) is 11.3 Å². The zero-order valence-electron chi connectivity index (χ0n) is 19.8. The summed E-state index contributed by atoms with van der Waals surface area (Å²) in [5, 5.41) is 28.7. The second-order valence-corrected chi connectivity index (χ2v) is 12.2. The van der Waals surface area contributed by atoms with Crippen LogP contribution in [0.25, 0.3) is 21.6 Å². The number of piperidine rings is 1. The lowest BCUT2D eigenvalue weighted by Gasteiger charge is -2.39. The van der Waals surface area contributed by atoms with E-state index in [9.17, 15) is 9.90 Å². The first-order valence-electron chi connectivity index (χ1n) is 12.7. The van der Waals surface area contributed by atoms with Gasteiger partial charge in [0.25, 0.3) is 5.91 Å². The van der Waals surface area contributed by atoms with Crippen LogP contribution in [0, 0.1) is 17.8 Å². The topological polar surface area (TPSA) is 119 Å². The van der Waals surface area contributed by atoms with Gasteiger partial charge in [-0.3, -0.25) is 4.79 Å². The number of H-pyrrole nitrogens is 1. The molecule has 4 aliphatic carbocycles. The van der Waals surface area contributed by atoms with Crippen LogP contribution in [0.15, 0.2) is 18.5 Å². The van der Waals surface area contributed by atoms with E-state index in [1.807, 2.05) is 18.5 Å². The number of aliphatic hydroxyl groups is 1. The largest absolute Gasteiger partial charge is 0.390 e. The molecule has 3 aromatic heterocycles. The number of hydrogen-bond donors (Lipinski definition) is 4. The predicted molar refractivity (Wildman–Crippen MR) is 134 cm³/mol. The van der Waals surface area contributed by atoms with Crippen LogP contribution >= 0.6 is 11.3 Å². The van der Waals surface area contributed by atoms with E-state index in [4.69, 9.17) is 0 Å². The second-order valence-electron chi connectivity index (χ2n) is 11.2. The van der Waals surface area contributed by atoms with Gasteiger partial charge in [0.1, 0.15) is 5.65 Å². The Morgan fingerprint density at radius 3 is 2.89 bits per heavy atom. The number of fused-ring (bicyclic) bond motifs is 1. The lowest BCUT2D eigenvalue weighted by Crippen LogP contribution is -2.43. The Bertz CT molecular complexity index is 1280. The number of anilines is 1. The van der Waals surface area contributed by atoms with Crippen LogP contribution in [-0.2, 0) is 0 Å². The molecule has 4 saturated carbocycles. The van der Waals surface area contributed by atoms with Crippen molar-refractivity contribution in [3.8, 4) is 10.6 Å². The maximum absolute atomic E-state index is 12.9. The van der Waals surface area contributed by atoms with E-state index in [1.54, 1.807) is 0 Å². The van der Waals surface area contributed by atoms with Crippen molar-refractivity contribution in [3.05, 3.63) is 23.5 Å². The number of likely N-dealkylation sites (tertiary alicyclic amines) is 1. The number of amides is 1. The van der Waals surface area contributed by atoms with Gasteiger partial charge in [0.2, 0.25) is 5.01 Å². The highest BCUT2D eigenvalue weighted by atomic mass is 32.1. The number of carbonyl (C=O) groups excluding carboxylic acids is 1. The Kier molecular flexibility index (Phi) is 4.94. The molecule has 9 nitrogen and oxygen atoms in total. The number of rotatable bonds is 5. The van der Waals surface area contributed by atoms with Gasteiger partial charge in [0, 0.05) is 29.9 Å². The molecule has 4 N–H and O–H groups in total. The van der Waals surface area contributed by atoms with Gasteiger partial charge in [-0.2, -0.15) is 0 Å². The number of nitrogens with one attached hydrogen (secondary N) is 3. The van der Waals surface area contributed by atoms with Crippen molar-refractivity contribution in [1.82, 2.24) is 30.4 Å². The molecule has 1 aliphatic heterocycles. The summed E-state index contributed by atoms with van der Waals surface area (Å²) in [5.41, 5.74) is 2.26. The third-order valence-electron chi connectivity index (χ3n) is 8.88. The standard InChI is InChI=1S/C25H31N7O2S/c1-32-6-3-15(4-7-32)28-22(33)24-31-30-23(35-24)18-12-27-21-16(2-5-26-21)20(18)29-19-14-8-13-9-25(34,10-14)11-17(13)19/h2,5,12-15,17,19,34H,3-4,6-11H2,1H3,(H,28,33)(H2,26,27,29)/t13?,14-,17?,19+,25-/m1/s1. The van der Waals surface area contributed by atoms with Crippen LogP contribution in [0.2, 0.25) is 0 Å². The van der Waals surface area contributed by atoms with Gasteiger partial charge in [-0.25, -0.2) is 4.98 Å². The lowest BCUT2D eigenvalue weighted by atomic mass is 9.76. The summed E-state index contributed by atoms with van der Waals surface area (Å²) < 4.78 is 0. The van der Waals surface area contributed by atoms with E-state index >= 15 is 0 Å². The number of aromatic nitrogens is 4. The predicted octanol–water partition coefficient (Wildman–Crippen LogP) is 2.87. The Balaban J connectivity index is 1.17. The molecule has 3 aromatic rings. The number of aromatic amines is 1. The number of nitrogens with zero attached hydrogens (tertiary/aromatic N) is 4. The third-order valence-corrected chi connectivity index (χ3v) is 9.84. The molecule has 35 heavy (non-hydrogen) atoms. The van der Waals surface area contributed by atoms with Gasteiger partial charge in [-0.15, -0.1) is 10.2 Å². The van der Waals surface area contributed by atoms with Crippen molar-refractivity contribution >= 4 is 34.0 Å². The first kappa shape index (κ1) is 21.7. The molecule has 8 rings (SSSR count). The summed E-state index contributed by atoms with van der Waals surface area (Å²) in [6, 6.07) is 2.56. The second kappa shape index (κ2) is 7.97. The molecule has 5 fully saturated rings. The van der Waals surface area contributed by atoms with Gasteiger partial charge in [0.15, 0.2) is 5.01 Å². The normalized spacial score (nSPS) is 32.5. The van der Waals surface area contributed by atoms with Crippen LogP contribution in [-0.4, -0.2) is 73.9 Å². The number of carbonyl (C=O) groups is 1. The molecule has 0 radical (unpaired) electrons. The maximum Gasteiger partial charge on any atom is 0.282 e. The molecule has 0 aromatic carbocycles. The first-order valence-corrected chi connectivity index (χ1v) is 13.6. The zero-order chi connectivity index (χ0) is 23.7. The molecular formula is C25H31N7O2S. The summed E-state index contributed by atoms with van der Waals surface area (Å²) in [5.74, 6) is 1.45. The molecule has 5 atom stereocenters. The quantitative estimate of drug-likeness (QED) is 0.432. The highest BCUT2D eigenvalue weighted by molar-refractivity contribution is 7.16. The minimum Gasteiger partial charge on any atom is -0.390 e. The van der Waals surface area contributed by atoms with E-state index in [0.29, 0.717) is 33.8 Å². The van der Waals surface area contributed by atoms with Crippen LogP contribution in [0.1, 0.15) is 48.3 Å². The summed E-state index contributed by atoms with van der Waals surface area (Å²) in [6.07, 6.45) is 9.56. The van der Waals surface area contributed by atoms with Gasteiger partial charge in [0.05, 0.1) is 16.9 Å². The summed E-state index contributed by atoms with van der Waals surface area (Å²) >= 11 is 1.32. The molecule has 1 amide bonds. The fourth-order valence-corrected chi connectivity index (χ4v) is 8.06. The molecule has 5 aliphatic rings. The summed E-state index contributed by atoms with van der Waals surface area (Å²) in [6.45, 7) is 1.98. The van der Waals surface area contributed by atoms with Crippen LogP contribution < -0.4 is 10.6 Å². The van der Waals surface area contributed by atoms with Crippen molar-refractivity contribution < 1.29 is 9.90 Å². The van der Waals surface area contributed by atoms with Crippen LogP contribution in [0.4, 0.5) is 5.69 Å². The Labute approximate surface area is 207 Å². The van der Waals surface area contributed by atoms with Crippen molar-refractivity contribution in [1.29, 1.82) is 0 Å². The molecule has 0 spiro atoms. The van der Waals surface area contributed by atoms with Crippen molar-refractivity contribution in [2.45, 2.75) is 56.2 Å². The van der Waals surface area contributed by atoms with Gasteiger partial charge >= 0.3 is 0 Å². The molecule has 4 heterocycles. The average Bonchev–Trinajstić information content (AvgIpc) is 3.59. The van der Waals surface area contributed by atoms with Gasteiger partial charge < -0.3 is 25.6 Å². The number of pyridine rings is 1. The van der Waals surface area contributed by atoms with E-state index in [-0.39, 0.29) is 11.9 Å². The molecular weight excluding hydrogens is 462 g/mol. The van der Waals surface area contributed by atoms with Crippen molar-refractivity contribution in [2.24, 2.45) is 17.8 Å². The fraction of sp³-hybridized carbons (Fsp3) is 0.600. The highest BCUT2D eigenvalue weighted by Gasteiger charge is 2.60. The fourth-order valence-electron chi connectivity index (χ4n) is 7.30. The lowest BCUT2D eigenvalue weighted by molar-refractivity contribution is -0.0139. The summed E-state index contributed by atoms with van der Waals surface area (Å²) in [4.78, 5) is 23.0. The Morgan fingerprint density at radius 2 is 2.06 bits per heavy atom. The van der Waals surface area contributed by atoms with Crippen molar-refractivity contribution in [3.63, 3.8) is 0 Å². The SMILES string of the molecule is CN1CCC(NC(=O)c2nnc(-c3cnc4[nH]ccc4c3N[C@@H]3C4C[C@@]5(O)CC4C[C@@H]3C5)s2)CC1. The minimum atomic E-state index is -0.448. The smallest absolute Gasteiger partial charge is 0.282 e. The van der Waals surface area contributed by atoms with E-state index in [2.05, 4.69) is 42.7 Å². The Morgan fingerprint density at radius 1 is 1.23 bits per heavy atom. The molecule has 184 valence electrons. The zero-order valence-corrected chi connectivity index (χ0v) is 20.6. The average molecular weight is 494 g/mol. The van der Waals surface area contributed by atoms with Crippen LogP contribution in [0.5, 0.6) is 0 Å². The molecule has 2 unspecified atom stereocenters. The van der Waals surface area contributed by atoms with E-state index in [0.717, 1.165) is 67.5 Å². The van der Waals surface area contributed by atoms with Crippen molar-refractivity contribution in [2.75, 3.05) is 25.5 Å². The third kappa shape index (κ3) is 3.65. The maximum atomic E-state index is 12.9. The van der Waals surface area contributed by atoms with E-state index in [1.165, 1.54) is 17.8 Å². The Hall–Kier alpha value is -2.56. The summed E-state index contributed by atoms with van der Waals surface area (Å²) in [7, 11) is 2.11. The van der Waals surface area contributed by atoms with Gasteiger partial charge in [-0.05, 0) is 82.5 Å². The highest BCUT2D eigenvalue weighted by Crippen LogP contribution is 2.60. The molecule has 10 heteroatoms.